The lowest BCUT2D eigenvalue weighted by atomic mass is 9.70. The average Bonchev–Trinajstić information content (AvgIpc) is 3.21. The molecular formula is C33H50Br2O6P2. The molecule has 0 saturated heterocycles. The van der Waals surface area contributed by atoms with Crippen molar-refractivity contribution in [1.29, 1.82) is 0 Å². The van der Waals surface area contributed by atoms with Crippen LogP contribution in [0.5, 0.6) is 0 Å². The van der Waals surface area contributed by atoms with E-state index in [1.54, 1.807) is 0 Å². The second kappa shape index (κ2) is 18.1. The molecule has 0 heterocycles. The van der Waals surface area contributed by atoms with Crippen LogP contribution in [0.3, 0.4) is 0 Å². The van der Waals surface area contributed by atoms with Crippen molar-refractivity contribution in [2.24, 2.45) is 0 Å². The minimum atomic E-state index is -2.99. The van der Waals surface area contributed by atoms with Crippen LogP contribution < -0.4 is 0 Å². The first-order valence-electron chi connectivity index (χ1n) is 16.0. The van der Waals surface area contributed by atoms with Crippen molar-refractivity contribution in [2.45, 2.75) is 97.3 Å². The van der Waals surface area contributed by atoms with Crippen LogP contribution in [0, 0.1) is 0 Å². The monoisotopic (exact) mass is 762 g/mol. The van der Waals surface area contributed by atoms with Crippen molar-refractivity contribution in [1.82, 2.24) is 0 Å². The zero-order valence-electron chi connectivity index (χ0n) is 26.4. The zero-order valence-corrected chi connectivity index (χ0v) is 31.3. The van der Waals surface area contributed by atoms with Crippen molar-refractivity contribution in [2.75, 3.05) is 38.8 Å². The predicted molar refractivity (Wildman–Crippen MR) is 186 cm³/mol. The van der Waals surface area contributed by atoms with E-state index < -0.39 is 15.2 Å². The fourth-order valence-electron chi connectivity index (χ4n) is 6.39. The molecule has 6 nitrogen and oxygen atoms in total. The normalized spacial score (nSPS) is 14.2. The van der Waals surface area contributed by atoms with Crippen molar-refractivity contribution >= 4 is 47.1 Å². The molecule has 0 radical (unpaired) electrons. The highest BCUT2D eigenvalue weighted by Crippen LogP contribution is 2.56. The first kappa shape index (κ1) is 37.2. The summed E-state index contributed by atoms with van der Waals surface area (Å²) in [5, 5.41) is 0. The molecule has 0 aromatic heterocycles. The van der Waals surface area contributed by atoms with Crippen molar-refractivity contribution in [3.8, 4) is 11.1 Å². The Hall–Kier alpha value is -0.300. The van der Waals surface area contributed by atoms with Gasteiger partial charge in [-0.05, 0) is 99.9 Å². The van der Waals surface area contributed by atoms with Gasteiger partial charge < -0.3 is 18.1 Å². The van der Waals surface area contributed by atoms with Gasteiger partial charge in [0.2, 0.25) is 0 Å². The van der Waals surface area contributed by atoms with Crippen LogP contribution >= 0.6 is 47.1 Å². The summed E-state index contributed by atoms with van der Waals surface area (Å²) in [6.07, 6.45) is 11.0. The third kappa shape index (κ3) is 10.3. The lowest BCUT2D eigenvalue weighted by Gasteiger charge is -2.33. The van der Waals surface area contributed by atoms with Crippen molar-refractivity contribution < 1.29 is 27.2 Å². The Morgan fingerprint density at radius 1 is 0.558 bits per heavy atom. The van der Waals surface area contributed by atoms with Crippen molar-refractivity contribution in [3.63, 3.8) is 0 Å². The number of fused-ring (bicyclic) bond motifs is 3. The van der Waals surface area contributed by atoms with Crippen LogP contribution in [-0.4, -0.2) is 38.8 Å². The zero-order chi connectivity index (χ0) is 31.3. The van der Waals surface area contributed by atoms with Crippen LogP contribution in [0.2, 0.25) is 0 Å². The summed E-state index contributed by atoms with van der Waals surface area (Å²) in [5.74, 6) is 0. The molecule has 0 unspecified atom stereocenters. The third-order valence-electron chi connectivity index (χ3n) is 8.16. The van der Waals surface area contributed by atoms with Gasteiger partial charge in [0.05, 0.1) is 38.8 Å². The van der Waals surface area contributed by atoms with E-state index in [0.717, 1.165) is 73.2 Å². The van der Waals surface area contributed by atoms with Gasteiger partial charge in [0, 0.05) is 14.4 Å². The summed E-state index contributed by atoms with van der Waals surface area (Å²) in [7, 11) is -5.97. The Balaban J connectivity index is 1.70. The highest BCUT2D eigenvalue weighted by Gasteiger charge is 2.42. The van der Waals surface area contributed by atoms with Crippen LogP contribution in [0.1, 0.15) is 103 Å². The molecule has 0 fully saturated rings. The molecular weight excluding hydrogens is 714 g/mol. The summed E-state index contributed by atoms with van der Waals surface area (Å²) in [5.41, 5.74) is 5.40. The maximum atomic E-state index is 12.9. The number of benzene rings is 2. The summed E-state index contributed by atoms with van der Waals surface area (Å²) < 4.78 is 49.9. The maximum Gasteiger partial charge on any atom is 0.330 e. The SMILES string of the molecule is CCOP(=O)(CCCCCCC1(CCCCCCP(=O)(OCC)OCC)c2cc(Br)ccc2-c2ccc(Br)cc21)OCC. The molecule has 0 aliphatic heterocycles. The lowest BCUT2D eigenvalue weighted by Crippen LogP contribution is -2.25. The van der Waals surface area contributed by atoms with Gasteiger partial charge in [-0.25, -0.2) is 0 Å². The molecule has 0 N–H and O–H groups in total. The Morgan fingerprint density at radius 2 is 0.907 bits per heavy atom. The van der Waals surface area contributed by atoms with Crippen LogP contribution in [0.25, 0.3) is 11.1 Å². The van der Waals surface area contributed by atoms with E-state index in [1.807, 2.05) is 27.7 Å². The van der Waals surface area contributed by atoms with E-state index in [9.17, 15) is 9.13 Å². The fourth-order valence-corrected chi connectivity index (χ4v) is 10.6. The average molecular weight is 765 g/mol. The van der Waals surface area contributed by atoms with E-state index in [-0.39, 0.29) is 5.41 Å². The van der Waals surface area contributed by atoms with Gasteiger partial charge in [-0.1, -0.05) is 82.5 Å². The van der Waals surface area contributed by atoms with E-state index in [0.29, 0.717) is 38.8 Å². The van der Waals surface area contributed by atoms with Gasteiger partial charge in [0.1, 0.15) is 0 Å². The van der Waals surface area contributed by atoms with Crippen molar-refractivity contribution in [3.05, 3.63) is 56.5 Å². The Kier molecular flexibility index (Phi) is 15.7. The maximum absolute atomic E-state index is 12.9. The number of unbranched alkanes of at least 4 members (excludes halogenated alkanes) is 6. The highest BCUT2D eigenvalue weighted by molar-refractivity contribution is 9.10. The van der Waals surface area contributed by atoms with Gasteiger partial charge in [-0.2, -0.15) is 0 Å². The summed E-state index contributed by atoms with van der Waals surface area (Å²) in [4.78, 5) is 0. The van der Waals surface area contributed by atoms with Gasteiger partial charge >= 0.3 is 15.2 Å². The number of rotatable bonds is 22. The topological polar surface area (TPSA) is 71.1 Å². The van der Waals surface area contributed by atoms with E-state index in [4.69, 9.17) is 18.1 Å². The molecule has 2 aromatic rings. The van der Waals surface area contributed by atoms with Gasteiger partial charge in [0.25, 0.3) is 0 Å². The molecule has 43 heavy (non-hydrogen) atoms. The second-order valence-electron chi connectivity index (χ2n) is 11.1. The predicted octanol–water partition coefficient (Wildman–Crippen LogP) is 11.9. The molecule has 0 amide bonds. The molecule has 2 aromatic carbocycles. The molecule has 10 heteroatoms. The third-order valence-corrected chi connectivity index (χ3v) is 13.5. The molecule has 242 valence electrons. The lowest BCUT2D eigenvalue weighted by molar-refractivity contribution is 0.218. The smallest absolute Gasteiger partial charge is 0.309 e. The Morgan fingerprint density at radius 3 is 1.26 bits per heavy atom. The highest BCUT2D eigenvalue weighted by atomic mass is 79.9. The standard InChI is InChI=1S/C33H50Br2O6P2/c1-5-38-42(36,39-6-2)23-15-11-9-13-21-33(22-14-10-12-16-24-43(37,40-7-3)41-8-4)31-25-27(34)17-19-29(31)30-20-18-28(35)26-32(30)33/h17-20,25-26H,5-16,21-24H2,1-4H3. The van der Waals surface area contributed by atoms with Crippen LogP contribution in [0.4, 0.5) is 0 Å². The quantitative estimate of drug-likeness (QED) is 0.0878. The van der Waals surface area contributed by atoms with Crippen LogP contribution in [-0.2, 0) is 32.6 Å². The molecule has 0 bridgehead atoms. The largest absolute Gasteiger partial charge is 0.330 e. The minimum Gasteiger partial charge on any atom is -0.309 e. The van der Waals surface area contributed by atoms with E-state index in [1.165, 1.54) is 22.3 Å². The first-order valence-corrected chi connectivity index (χ1v) is 21.1. The molecule has 0 saturated carbocycles. The summed E-state index contributed by atoms with van der Waals surface area (Å²) in [6.45, 7) is 9.06. The molecule has 1 aliphatic rings. The molecule has 0 spiro atoms. The molecule has 3 rings (SSSR count). The van der Waals surface area contributed by atoms with Crippen LogP contribution in [0.15, 0.2) is 45.3 Å². The number of hydrogen-bond donors (Lipinski definition) is 0. The van der Waals surface area contributed by atoms with Gasteiger partial charge in [-0.15, -0.1) is 0 Å². The van der Waals surface area contributed by atoms with E-state index in [2.05, 4.69) is 68.3 Å². The van der Waals surface area contributed by atoms with Gasteiger partial charge in [-0.3, -0.25) is 9.13 Å². The molecule has 1 aliphatic carbocycles. The Labute approximate surface area is 276 Å². The summed E-state index contributed by atoms with van der Waals surface area (Å²) >= 11 is 7.52. The van der Waals surface area contributed by atoms with Gasteiger partial charge in [0.15, 0.2) is 0 Å². The minimum absolute atomic E-state index is 0.0733. The number of halogens is 2. The summed E-state index contributed by atoms with van der Waals surface area (Å²) in [6, 6.07) is 13.4. The second-order valence-corrected chi connectivity index (χ2v) is 17.3. The number of hydrogen-bond acceptors (Lipinski definition) is 6. The Bertz CT molecular complexity index is 1140. The fraction of sp³-hybridized carbons (Fsp3) is 0.636. The van der Waals surface area contributed by atoms with E-state index >= 15 is 0 Å². The first-order chi connectivity index (χ1) is 20.7. The molecule has 0 atom stereocenters.